The quantitative estimate of drug-likeness (QED) is 0.556. The zero-order valence-corrected chi connectivity index (χ0v) is 14.9. The van der Waals surface area contributed by atoms with E-state index in [0.717, 1.165) is 12.0 Å². The number of Topliss-reactive ketones (excluding diaryl/α,β-unsaturated/α-hetero) is 1. The molecular formula is C21H22O5. The zero-order valence-electron chi connectivity index (χ0n) is 14.9. The van der Waals surface area contributed by atoms with E-state index in [1.165, 1.54) is 0 Å². The van der Waals surface area contributed by atoms with Gasteiger partial charge < -0.3 is 14.2 Å². The number of ether oxygens (including phenoxy) is 3. The molecule has 136 valence electrons. The molecule has 0 saturated heterocycles. The van der Waals surface area contributed by atoms with Crippen LogP contribution in [0, 0.1) is 5.92 Å². The van der Waals surface area contributed by atoms with Crippen molar-refractivity contribution in [1.82, 2.24) is 0 Å². The Hall–Kier alpha value is -2.82. The molecule has 0 amide bonds. The fraction of sp³-hybridized carbons (Fsp3) is 0.333. The van der Waals surface area contributed by atoms with Gasteiger partial charge in [0.25, 0.3) is 0 Å². The summed E-state index contributed by atoms with van der Waals surface area (Å²) < 4.78 is 15.9. The predicted octanol–water partition coefficient (Wildman–Crippen LogP) is 3.97. The lowest BCUT2D eigenvalue weighted by molar-refractivity contribution is -0.145. The third-order valence-electron chi connectivity index (χ3n) is 4.67. The van der Waals surface area contributed by atoms with Crippen molar-refractivity contribution in [3.05, 3.63) is 59.7 Å². The van der Waals surface area contributed by atoms with Crippen LogP contribution in [-0.2, 0) is 9.53 Å². The Balaban J connectivity index is 1.67. The minimum Gasteiger partial charge on any atom is -0.457 e. The number of carbonyl (C=O) groups excluding carboxylic acids is 2. The van der Waals surface area contributed by atoms with Crippen LogP contribution in [0.1, 0.15) is 42.1 Å². The third kappa shape index (κ3) is 3.87. The smallest absolute Gasteiger partial charge is 0.314 e. The molecule has 0 bridgehead atoms. The monoisotopic (exact) mass is 354 g/mol. The summed E-state index contributed by atoms with van der Waals surface area (Å²) in [7, 11) is 0. The second-order valence-electron chi connectivity index (χ2n) is 6.37. The fourth-order valence-electron chi connectivity index (χ4n) is 2.97. The summed E-state index contributed by atoms with van der Waals surface area (Å²) in [6.45, 7) is 3.90. The van der Waals surface area contributed by atoms with Gasteiger partial charge in [-0.2, -0.15) is 0 Å². The van der Waals surface area contributed by atoms with Gasteiger partial charge in [-0.05, 0) is 29.7 Å². The molecule has 0 aliphatic carbocycles. The lowest BCUT2D eigenvalue weighted by atomic mass is 9.85. The summed E-state index contributed by atoms with van der Waals surface area (Å²) in [5, 5.41) is 0. The van der Waals surface area contributed by atoms with Crippen LogP contribution < -0.4 is 9.47 Å². The first-order chi connectivity index (χ1) is 12.6. The molecule has 0 radical (unpaired) electrons. The normalized spacial score (nSPS) is 14.5. The molecule has 0 unspecified atom stereocenters. The predicted molar refractivity (Wildman–Crippen MR) is 96.5 cm³/mol. The van der Waals surface area contributed by atoms with Crippen LogP contribution in [0.5, 0.6) is 11.5 Å². The molecule has 3 rings (SSSR count). The summed E-state index contributed by atoms with van der Waals surface area (Å²) in [5.41, 5.74) is 1.34. The van der Waals surface area contributed by atoms with Crippen molar-refractivity contribution in [2.75, 3.05) is 13.4 Å². The summed E-state index contributed by atoms with van der Waals surface area (Å²) in [6, 6.07) is 14.5. The van der Waals surface area contributed by atoms with Gasteiger partial charge in [-0.1, -0.05) is 50.6 Å². The maximum atomic E-state index is 12.6. The van der Waals surface area contributed by atoms with Crippen LogP contribution >= 0.6 is 0 Å². The molecule has 2 aromatic carbocycles. The average Bonchev–Trinajstić information content (AvgIpc) is 3.14. The van der Waals surface area contributed by atoms with Gasteiger partial charge in [-0.3, -0.25) is 9.59 Å². The second-order valence-corrected chi connectivity index (χ2v) is 6.37. The Bertz CT molecular complexity index is 784. The van der Waals surface area contributed by atoms with E-state index in [-0.39, 0.29) is 37.0 Å². The lowest BCUT2D eigenvalue weighted by Gasteiger charge is -2.21. The van der Waals surface area contributed by atoms with Crippen molar-refractivity contribution in [3.8, 4) is 11.5 Å². The van der Waals surface area contributed by atoms with E-state index in [1.807, 2.05) is 44.2 Å². The number of benzene rings is 2. The van der Waals surface area contributed by atoms with Crippen molar-refractivity contribution in [3.63, 3.8) is 0 Å². The first-order valence-electron chi connectivity index (χ1n) is 8.74. The van der Waals surface area contributed by atoms with Gasteiger partial charge >= 0.3 is 5.97 Å². The topological polar surface area (TPSA) is 61.8 Å². The molecule has 0 N–H and O–H groups in total. The maximum absolute atomic E-state index is 12.6. The van der Waals surface area contributed by atoms with E-state index in [1.54, 1.807) is 18.2 Å². The third-order valence-corrected chi connectivity index (χ3v) is 4.67. The minimum atomic E-state index is -0.384. The summed E-state index contributed by atoms with van der Waals surface area (Å²) in [5.74, 6) is 0.229. The van der Waals surface area contributed by atoms with Gasteiger partial charge in [0.15, 0.2) is 23.9 Å². The first-order valence-corrected chi connectivity index (χ1v) is 8.74. The summed E-state index contributed by atoms with van der Waals surface area (Å²) in [6.07, 6.45) is 0.838. The van der Waals surface area contributed by atoms with Crippen molar-refractivity contribution in [2.24, 2.45) is 5.92 Å². The first kappa shape index (κ1) is 18.0. The number of hydrogen-bond donors (Lipinski definition) is 0. The number of hydrogen-bond acceptors (Lipinski definition) is 5. The highest BCUT2D eigenvalue weighted by atomic mass is 16.7. The largest absolute Gasteiger partial charge is 0.457 e. The molecule has 0 fully saturated rings. The van der Waals surface area contributed by atoms with Gasteiger partial charge in [-0.25, -0.2) is 0 Å². The number of carbonyl (C=O) groups is 2. The minimum absolute atomic E-state index is 0.116. The molecular weight excluding hydrogens is 332 g/mol. The van der Waals surface area contributed by atoms with Gasteiger partial charge in [0.1, 0.15) is 0 Å². The highest BCUT2D eigenvalue weighted by Crippen LogP contribution is 2.33. The molecule has 0 saturated carbocycles. The zero-order chi connectivity index (χ0) is 18.5. The fourth-order valence-corrected chi connectivity index (χ4v) is 2.97. The van der Waals surface area contributed by atoms with Gasteiger partial charge in [0.05, 0.1) is 5.92 Å². The van der Waals surface area contributed by atoms with Crippen LogP contribution in [0.2, 0.25) is 0 Å². The second kappa shape index (κ2) is 8.04. The SMILES string of the molecule is CC[C@H](C)[C@@H](C(=O)OCC(=O)c1ccc2c(c1)OCO2)c1ccccc1. The van der Waals surface area contributed by atoms with E-state index >= 15 is 0 Å². The van der Waals surface area contributed by atoms with Crippen molar-refractivity contribution in [1.29, 1.82) is 0 Å². The molecule has 5 nitrogen and oxygen atoms in total. The Morgan fingerprint density at radius 1 is 1.08 bits per heavy atom. The van der Waals surface area contributed by atoms with Crippen LogP contribution in [0.25, 0.3) is 0 Å². The van der Waals surface area contributed by atoms with Gasteiger partial charge in [0, 0.05) is 5.56 Å². The molecule has 1 aliphatic rings. The van der Waals surface area contributed by atoms with E-state index in [9.17, 15) is 9.59 Å². The van der Waals surface area contributed by atoms with E-state index < -0.39 is 0 Å². The van der Waals surface area contributed by atoms with Crippen LogP contribution in [0.3, 0.4) is 0 Å². The number of ketones is 1. The Morgan fingerprint density at radius 3 is 2.54 bits per heavy atom. The van der Waals surface area contributed by atoms with E-state index in [4.69, 9.17) is 14.2 Å². The average molecular weight is 354 g/mol. The molecule has 1 aliphatic heterocycles. The molecule has 1 heterocycles. The number of esters is 1. The van der Waals surface area contributed by atoms with Crippen LogP contribution in [0.4, 0.5) is 0 Å². The lowest BCUT2D eigenvalue weighted by Crippen LogP contribution is -2.24. The molecule has 5 heteroatoms. The number of fused-ring (bicyclic) bond motifs is 1. The maximum Gasteiger partial charge on any atom is 0.314 e. The van der Waals surface area contributed by atoms with Crippen LogP contribution in [0.15, 0.2) is 48.5 Å². The van der Waals surface area contributed by atoms with Gasteiger partial charge in [-0.15, -0.1) is 0 Å². The van der Waals surface area contributed by atoms with Gasteiger partial charge in [0.2, 0.25) is 6.79 Å². The Labute approximate surface area is 152 Å². The van der Waals surface area contributed by atoms with E-state index in [0.29, 0.717) is 17.1 Å². The molecule has 0 spiro atoms. The van der Waals surface area contributed by atoms with Crippen molar-refractivity contribution in [2.45, 2.75) is 26.2 Å². The summed E-state index contributed by atoms with van der Waals surface area (Å²) in [4.78, 5) is 25.0. The van der Waals surface area contributed by atoms with E-state index in [2.05, 4.69) is 0 Å². The standard InChI is InChI=1S/C21H22O5/c1-3-14(2)20(15-7-5-4-6-8-15)21(23)24-12-17(22)16-9-10-18-19(11-16)26-13-25-18/h4-11,14,20H,3,12-13H2,1-2H3/t14-,20+/m0/s1. The highest BCUT2D eigenvalue weighted by Gasteiger charge is 2.28. The highest BCUT2D eigenvalue weighted by molar-refractivity contribution is 5.98. The van der Waals surface area contributed by atoms with Crippen molar-refractivity contribution < 1.29 is 23.8 Å². The Kier molecular flexibility index (Phi) is 5.56. The molecule has 26 heavy (non-hydrogen) atoms. The molecule has 2 aromatic rings. The molecule has 0 aromatic heterocycles. The summed E-state index contributed by atoms with van der Waals surface area (Å²) >= 11 is 0. The Morgan fingerprint density at radius 2 is 1.81 bits per heavy atom. The molecule has 2 atom stereocenters. The van der Waals surface area contributed by atoms with Crippen molar-refractivity contribution >= 4 is 11.8 Å². The number of rotatable bonds is 7. The van der Waals surface area contributed by atoms with Crippen LogP contribution in [-0.4, -0.2) is 25.2 Å².